The lowest BCUT2D eigenvalue weighted by molar-refractivity contribution is 0.544. The van der Waals surface area contributed by atoms with Crippen LogP contribution in [-0.4, -0.2) is 24.9 Å². The second-order valence-electron chi connectivity index (χ2n) is 5.10. The first kappa shape index (κ1) is 12.6. The molecule has 1 aliphatic heterocycles. The van der Waals surface area contributed by atoms with Crippen LogP contribution < -0.4 is 0 Å². The van der Waals surface area contributed by atoms with Gasteiger partial charge in [-0.25, -0.2) is 8.42 Å². The maximum atomic E-state index is 11.4. The van der Waals surface area contributed by atoms with Crippen LogP contribution >= 0.6 is 0 Å². The zero-order valence-corrected chi connectivity index (χ0v) is 11.2. The summed E-state index contributed by atoms with van der Waals surface area (Å²) in [7, 11) is -2.77. The Morgan fingerprint density at radius 2 is 1.88 bits per heavy atom. The van der Waals surface area contributed by atoms with Crippen LogP contribution in [0.4, 0.5) is 0 Å². The Kier molecular flexibility index (Phi) is 3.52. The van der Waals surface area contributed by atoms with Crippen molar-refractivity contribution in [3.05, 3.63) is 29.6 Å². The fourth-order valence-electron chi connectivity index (χ4n) is 2.19. The zero-order chi connectivity index (χ0) is 12.5. The summed E-state index contributed by atoms with van der Waals surface area (Å²) in [5, 5.41) is 0. The zero-order valence-electron chi connectivity index (χ0n) is 10.4. The molecule has 4 heteroatoms. The summed E-state index contributed by atoms with van der Waals surface area (Å²) >= 11 is 0. The fourth-order valence-corrected chi connectivity index (χ4v) is 3.68. The molecular formula is C13H19NO2S. The molecule has 0 N–H and O–H groups in total. The molecule has 1 aliphatic rings. The molecule has 2 heterocycles. The molecule has 17 heavy (non-hydrogen) atoms. The van der Waals surface area contributed by atoms with Gasteiger partial charge < -0.3 is 0 Å². The van der Waals surface area contributed by atoms with E-state index in [1.165, 1.54) is 5.56 Å². The minimum atomic E-state index is -2.77. The van der Waals surface area contributed by atoms with Crippen molar-refractivity contribution in [2.24, 2.45) is 0 Å². The SMILES string of the molecule is CC(C)c1ccc(C2CCS(=O)(=O)CC2)nc1. The fraction of sp³-hybridized carbons (Fsp3) is 0.615. The summed E-state index contributed by atoms with van der Waals surface area (Å²) in [6.07, 6.45) is 3.36. The van der Waals surface area contributed by atoms with E-state index in [1.807, 2.05) is 6.20 Å². The van der Waals surface area contributed by atoms with Crippen LogP contribution in [0, 0.1) is 0 Å². The summed E-state index contributed by atoms with van der Waals surface area (Å²) in [5.74, 6) is 1.43. The highest BCUT2D eigenvalue weighted by Gasteiger charge is 2.25. The van der Waals surface area contributed by atoms with Gasteiger partial charge in [0.1, 0.15) is 9.84 Å². The molecule has 0 aliphatic carbocycles. The summed E-state index contributed by atoms with van der Waals surface area (Å²) in [5.41, 5.74) is 2.28. The number of pyridine rings is 1. The Balaban J connectivity index is 2.09. The van der Waals surface area contributed by atoms with E-state index in [-0.39, 0.29) is 0 Å². The normalized spacial score (nSPS) is 20.6. The summed E-state index contributed by atoms with van der Waals surface area (Å²) in [6, 6.07) is 4.16. The topological polar surface area (TPSA) is 47.0 Å². The van der Waals surface area contributed by atoms with E-state index in [0.29, 0.717) is 23.3 Å². The summed E-state index contributed by atoms with van der Waals surface area (Å²) in [6.45, 7) is 4.29. The lowest BCUT2D eigenvalue weighted by atomic mass is 9.97. The number of nitrogens with zero attached hydrogens (tertiary/aromatic N) is 1. The Morgan fingerprint density at radius 1 is 1.24 bits per heavy atom. The number of aromatic nitrogens is 1. The number of rotatable bonds is 2. The van der Waals surface area contributed by atoms with Gasteiger partial charge in [-0.3, -0.25) is 4.98 Å². The van der Waals surface area contributed by atoms with Crippen LogP contribution in [0.1, 0.15) is 49.8 Å². The third kappa shape index (κ3) is 3.06. The van der Waals surface area contributed by atoms with Gasteiger partial charge in [0.25, 0.3) is 0 Å². The maximum Gasteiger partial charge on any atom is 0.150 e. The molecule has 1 aromatic heterocycles. The minimum absolute atomic E-state index is 0.311. The van der Waals surface area contributed by atoms with Crippen molar-refractivity contribution in [2.45, 2.75) is 38.5 Å². The first-order valence-electron chi connectivity index (χ1n) is 6.14. The molecule has 0 atom stereocenters. The van der Waals surface area contributed by atoms with Gasteiger partial charge in [-0.1, -0.05) is 19.9 Å². The number of sulfone groups is 1. The molecular weight excluding hydrogens is 234 g/mol. The lowest BCUT2D eigenvalue weighted by Crippen LogP contribution is -2.22. The molecule has 1 fully saturated rings. The van der Waals surface area contributed by atoms with Crippen LogP contribution in [0.2, 0.25) is 0 Å². The molecule has 0 amide bonds. The van der Waals surface area contributed by atoms with E-state index in [0.717, 1.165) is 18.5 Å². The maximum absolute atomic E-state index is 11.4. The molecule has 2 rings (SSSR count). The van der Waals surface area contributed by atoms with Gasteiger partial charge in [-0.05, 0) is 30.4 Å². The first-order chi connectivity index (χ1) is 7.98. The van der Waals surface area contributed by atoms with E-state index in [1.54, 1.807) is 0 Å². The predicted octanol–water partition coefficient (Wildman–Crippen LogP) is 2.50. The molecule has 94 valence electrons. The van der Waals surface area contributed by atoms with Crippen molar-refractivity contribution >= 4 is 9.84 Å². The molecule has 0 aromatic carbocycles. The highest BCUT2D eigenvalue weighted by atomic mass is 32.2. The Hall–Kier alpha value is -0.900. The minimum Gasteiger partial charge on any atom is -0.261 e. The van der Waals surface area contributed by atoms with Gasteiger partial charge in [0, 0.05) is 17.8 Å². The van der Waals surface area contributed by atoms with Gasteiger partial charge in [0.05, 0.1) is 11.5 Å². The Labute approximate surface area is 103 Å². The van der Waals surface area contributed by atoms with E-state index in [4.69, 9.17) is 0 Å². The Bertz CT molecular complexity index is 463. The molecule has 0 bridgehead atoms. The highest BCUT2D eigenvalue weighted by Crippen LogP contribution is 2.28. The van der Waals surface area contributed by atoms with E-state index >= 15 is 0 Å². The summed E-state index contributed by atoms with van der Waals surface area (Å²) in [4.78, 5) is 4.48. The van der Waals surface area contributed by atoms with Crippen molar-refractivity contribution in [3.63, 3.8) is 0 Å². The molecule has 0 radical (unpaired) electrons. The highest BCUT2D eigenvalue weighted by molar-refractivity contribution is 7.91. The van der Waals surface area contributed by atoms with E-state index in [2.05, 4.69) is 31.0 Å². The standard InChI is InChI=1S/C13H19NO2S/c1-10(2)12-3-4-13(14-9-12)11-5-7-17(15,16)8-6-11/h3-4,9-11H,5-8H2,1-2H3. The third-order valence-electron chi connectivity index (χ3n) is 3.45. The third-order valence-corrected chi connectivity index (χ3v) is 5.16. The van der Waals surface area contributed by atoms with Crippen LogP contribution in [-0.2, 0) is 9.84 Å². The molecule has 1 aromatic rings. The molecule has 0 saturated carbocycles. The van der Waals surface area contributed by atoms with Crippen molar-refractivity contribution in [1.29, 1.82) is 0 Å². The largest absolute Gasteiger partial charge is 0.261 e. The van der Waals surface area contributed by atoms with Gasteiger partial charge >= 0.3 is 0 Å². The van der Waals surface area contributed by atoms with Crippen molar-refractivity contribution in [3.8, 4) is 0 Å². The molecule has 0 unspecified atom stereocenters. The molecule has 3 nitrogen and oxygen atoms in total. The first-order valence-corrected chi connectivity index (χ1v) is 7.96. The van der Waals surface area contributed by atoms with Crippen molar-refractivity contribution in [2.75, 3.05) is 11.5 Å². The van der Waals surface area contributed by atoms with Crippen molar-refractivity contribution in [1.82, 2.24) is 4.98 Å². The quantitative estimate of drug-likeness (QED) is 0.813. The van der Waals surface area contributed by atoms with Crippen LogP contribution in [0.3, 0.4) is 0 Å². The lowest BCUT2D eigenvalue weighted by Gasteiger charge is -2.21. The monoisotopic (exact) mass is 253 g/mol. The average Bonchev–Trinajstić information content (AvgIpc) is 2.29. The Morgan fingerprint density at radius 3 is 2.35 bits per heavy atom. The second-order valence-corrected chi connectivity index (χ2v) is 7.40. The van der Waals surface area contributed by atoms with Gasteiger partial charge in [0.2, 0.25) is 0 Å². The van der Waals surface area contributed by atoms with E-state index in [9.17, 15) is 8.42 Å². The van der Waals surface area contributed by atoms with Crippen molar-refractivity contribution < 1.29 is 8.42 Å². The second kappa shape index (κ2) is 4.77. The average molecular weight is 253 g/mol. The van der Waals surface area contributed by atoms with Gasteiger partial charge in [-0.2, -0.15) is 0 Å². The van der Waals surface area contributed by atoms with Gasteiger partial charge in [-0.15, -0.1) is 0 Å². The molecule has 0 spiro atoms. The van der Waals surface area contributed by atoms with Crippen LogP contribution in [0.25, 0.3) is 0 Å². The van der Waals surface area contributed by atoms with E-state index < -0.39 is 9.84 Å². The van der Waals surface area contributed by atoms with Crippen LogP contribution in [0.15, 0.2) is 18.3 Å². The smallest absolute Gasteiger partial charge is 0.150 e. The van der Waals surface area contributed by atoms with Gasteiger partial charge in [0.15, 0.2) is 0 Å². The molecule has 1 saturated heterocycles. The predicted molar refractivity (Wildman–Crippen MR) is 69.0 cm³/mol. The number of hydrogen-bond acceptors (Lipinski definition) is 3. The van der Waals surface area contributed by atoms with Crippen LogP contribution in [0.5, 0.6) is 0 Å². The summed E-state index contributed by atoms with van der Waals surface area (Å²) < 4.78 is 22.7. The number of hydrogen-bond donors (Lipinski definition) is 0.